The number of nitriles is 1. The molecule has 2 aliphatic heterocycles. The highest BCUT2D eigenvalue weighted by Gasteiger charge is 2.44. The molecule has 0 bridgehead atoms. The molecule has 1 spiro atoms. The van der Waals surface area contributed by atoms with Crippen LogP contribution in [-0.2, 0) is 9.47 Å². The minimum Gasteiger partial charge on any atom is -0.380 e. The third-order valence-corrected chi connectivity index (χ3v) is 5.28. The molecule has 2 unspecified atom stereocenters. The van der Waals surface area contributed by atoms with Crippen molar-refractivity contribution in [2.45, 2.75) is 75.9 Å². The van der Waals surface area contributed by atoms with E-state index >= 15 is 0 Å². The van der Waals surface area contributed by atoms with Gasteiger partial charge in [0, 0.05) is 6.61 Å². The second-order valence-electron chi connectivity index (χ2n) is 6.77. The minimum absolute atomic E-state index is 0.176. The largest absolute Gasteiger partial charge is 0.380 e. The average Bonchev–Trinajstić information content (AvgIpc) is 2.83. The Morgan fingerprint density at radius 3 is 2.58 bits per heavy atom. The molecule has 0 radical (unpaired) electrons. The zero-order valence-electron chi connectivity index (χ0n) is 11.8. The molecule has 0 amide bonds. The zero-order chi connectivity index (χ0) is 13.2. The van der Waals surface area contributed by atoms with Gasteiger partial charge in [0.15, 0.2) is 0 Å². The first-order valence-electron chi connectivity index (χ1n) is 7.93. The summed E-state index contributed by atoms with van der Waals surface area (Å²) in [4.78, 5) is 0. The maximum atomic E-state index is 9.52. The first-order chi connectivity index (χ1) is 9.26. The Morgan fingerprint density at radius 1 is 1.05 bits per heavy atom. The van der Waals surface area contributed by atoms with Crippen molar-refractivity contribution in [3.63, 3.8) is 0 Å². The molecular formula is C16H25NO2. The third-order valence-electron chi connectivity index (χ3n) is 5.28. The highest BCUT2D eigenvalue weighted by Crippen LogP contribution is 2.45. The number of nitrogens with zero attached hydrogens (tertiary/aromatic N) is 1. The molecule has 1 saturated carbocycles. The average molecular weight is 263 g/mol. The van der Waals surface area contributed by atoms with Crippen LogP contribution in [0, 0.1) is 16.7 Å². The Balaban J connectivity index is 1.60. The SMILES string of the molecule is N#CC1(CC2CCC3(CCCCC3)O2)CCCOC1. The van der Waals surface area contributed by atoms with Crippen molar-refractivity contribution >= 4 is 0 Å². The molecular weight excluding hydrogens is 238 g/mol. The lowest BCUT2D eigenvalue weighted by Crippen LogP contribution is -2.36. The quantitative estimate of drug-likeness (QED) is 0.764. The van der Waals surface area contributed by atoms with E-state index in [0.29, 0.717) is 12.7 Å². The topological polar surface area (TPSA) is 42.2 Å². The molecule has 0 N–H and O–H groups in total. The second-order valence-corrected chi connectivity index (χ2v) is 6.77. The monoisotopic (exact) mass is 263 g/mol. The first kappa shape index (κ1) is 13.4. The maximum absolute atomic E-state index is 9.52. The number of hydrogen-bond acceptors (Lipinski definition) is 3. The van der Waals surface area contributed by atoms with Gasteiger partial charge in [-0.2, -0.15) is 5.26 Å². The smallest absolute Gasteiger partial charge is 0.0832 e. The summed E-state index contributed by atoms with van der Waals surface area (Å²) in [5.74, 6) is 0. The van der Waals surface area contributed by atoms with Gasteiger partial charge < -0.3 is 9.47 Å². The number of hydrogen-bond donors (Lipinski definition) is 0. The molecule has 0 aromatic carbocycles. The fourth-order valence-electron chi connectivity index (χ4n) is 4.19. The summed E-state index contributed by atoms with van der Waals surface area (Å²) in [5.41, 5.74) is -0.0990. The van der Waals surface area contributed by atoms with Gasteiger partial charge in [0.2, 0.25) is 0 Å². The van der Waals surface area contributed by atoms with Crippen molar-refractivity contribution in [3.05, 3.63) is 0 Å². The Bertz CT molecular complexity index is 348. The Morgan fingerprint density at radius 2 is 1.89 bits per heavy atom. The van der Waals surface area contributed by atoms with Crippen molar-refractivity contribution in [3.8, 4) is 6.07 Å². The van der Waals surface area contributed by atoms with E-state index in [1.807, 2.05) is 0 Å². The predicted octanol–water partition coefficient (Wildman–Crippen LogP) is 3.58. The Labute approximate surface area is 116 Å². The Hall–Kier alpha value is -0.590. The van der Waals surface area contributed by atoms with Crippen LogP contribution in [0.1, 0.15) is 64.2 Å². The lowest BCUT2D eigenvalue weighted by molar-refractivity contribution is -0.0847. The van der Waals surface area contributed by atoms with Gasteiger partial charge in [-0.25, -0.2) is 0 Å². The summed E-state index contributed by atoms with van der Waals surface area (Å²) in [6, 6.07) is 2.53. The summed E-state index contributed by atoms with van der Waals surface area (Å²) in [5, 5.41) is 9.52. The summed E-state index contributed by atoms with van der Waals surface area (Å²) in [6.07, 6.45) is 12.0. The van der Waals surface area contributed by atoms with Crippen LogP contribution >= 0.6 is 0 Å². The first-order valence-corrected chi connectivity index (χ1v) is 7.93. The molecule has 1 aliphatic carbocycles. The normalized spacial score (nSPS) is 38.2. The third kappa shape index (κ3) is 2.80. The van der Waals surface area contributed by atoms with Crippen LogP contribution in [0.5, 0.6) is 0 Å². The van der Waals surface area contributed by atoms with E-state index in [1.165, 1.54) is 38.5 Å². The fraction of sp³-hybridized carbons (Fsp3) is 0.938. The van der Waals surface area contributed by atoms with Gasteiger partial charge in [-0.1, -0.05) is 19.3 Å². The van der Waals surface area contributed by atoms with Gasteiger partial charge in [0.05, 0.1) is 29.8 Å². The van der Waals surface area contributed by atoms with E-state index in [1.54, 1.807) is 0 Å². The number of ether oxygens (including phenoxy) is 2. The van der Waals surface area contributed by atoms with E-state index in [4.69, 9.17) is 9.47 Å². The maximum Gasteiger partial charge on any atom is 0.0832 e. The van der Waals surface area contributed by atoms with E-state index in [2.05, 4.69) is 6.07 Å². The van der Waals surface area contributed by atoms with E-state index in [9.17, 15) is 5.26 Å². The van der Waals surface area contributed by atoms with Crippen molar-refractivity contribution < 1.29 is 9.47 Å². The molecule has 3 rings (SSSR count). The summed E-state index contributed by atoms with van der Waals surface area (Å²) >= 11 is 0. The van der Waals surface area contributed by atoms with Crippen LogP contribution in [0.25, 0.3) is 0 Å². The van der Waals surface area contributed by atoms with Crippen LogP contribution in [0.2, 0.25) is 0 Å². The summed E-state index contributed by atoms with van der Waals surface area (Å²) < 4.78 is 12.0. The molecule has 3 aliphatic rings. The lowest BCUT2D eigenvalue weighted by atomic mass is 9.78. The summed E-state index contributed by atoms with van der Waals surface area (Å²) in [7, 11) is 0. The van der Waals surface area contributed by atoms with Gasteiger partial charge in [-0.3, -0.25) is 0 Å². The van der Waals surface area contributed by atoms with Gasteiger partial charge in [-0.15, -0.1) is 0 Å². The molecule has 3 nitrogen and oxygen atoms in total. The zero-order valence-corrected chi connectivity index (χ0v) is 11.8. The van der Waals surface area contributed by atoms with Crippen LogP contribution in [0.4, 0.5) is 0 Å². The van der Waals surface area contributed by atoms with E-state index < -0.39 is 0 Å². The highest BCUT2D eigenvalue weighted by atomic mass is 16.5. The predicted molar refractivity (Wildman–Crippen MR) is 72.6 cm³/mol. The van der Waals surface area contributed by atoms with Crippen molar-refractivity contribution in [2.24, 2.45) is 5.41 Å². The van der Waals surface area contributed by atoms with Crippen LogP contribution in [0.15, 0.2) is 0 Å². The molecule has 2 saturated heterocycles. The fourth-order valence-corrected chi connectivity index (χ4v) is 4.19. The lowest BCUT2D eigenvalue weighted by Gasteiger charge is -2.36. The van der Waals surface area contributed by atoms with E-state index in [0.717, 1.165) is 32.3 Å². The summed E-state index contributed by atoms with van der Waals surface area (Å²) in [6.45, 7) is 1.43. The minimum atomic E-state index is -0.275. The van der Waals surface area contributed by atoms with Gasteiger partial charge >= 0.3 is 0 Å². The van der Waals surface area contributed by atoms with Crippen LogP contribution in [-0.4, -0.2) is 24.9 Å². The van der Waals surface area contributed by atoms with Crippen molar-refractivity contribution in [2.75, 3.05) is 13.2 Å². The molecule has 3 heteroatoms. The highest BCUT2D eigenvalue weighted by molar-refractivity contribution is 5.03. The molecule has 19 heavy (non-hydrogen) atoms. The number of rotatable bonds is 2. The molecule has 0 aromatic rings. The van der Waals surface area contributed by atoms with Gasteiger partial charge in [-0.05, 0) is 44.9 Å². The van der Waals surface area contributed by atoms with Gasteiger partial charge in [0.25, 0.3) is 0 Å². The molecule has 2 atom stereocenters. The van der Waals surface area contributed by atoms with Gasteiger partial charge in [0.1, 0.15) is 0 Å². The van der Waals surface area contributed by atoms with Crippen molar-refractivity contribution in [1.29, 1.82) is 5.26 Å². The molecule has 2 heterocycles. The Kier molecular flexibility index (Phi) is 3.82. The van der Waals surface area contributed by atoms with Crippen LogP contribution < -0.4 is 0 Å². The van der Waals surface area contributed by atoms with Crippen molar-refractivity contribution in [1.82, 2.24) is 0 Å². The molecule has 106 valence electrons. The standard InChI is InChI=1S/C16H25NO2/c17-12-15(6-4-10-18-13-15)11-14-5-9-16(19-14)7-2-1-3-8-16/h14H,1-11,13H2. The molecule has 3 fully saturated rings. The van der Waals surface area contributed by atoms with Crippen LogP contribution in [0.3, 0.4) is 0 Å². The second kappa shape index (κ2) is 5.42. The molecule has 0 aromatic heterocycles. The van der Waals surface area contributed by atoms with E-state index in [-0.39, 0.29) is 11.0 Å².